The maximum atomic E-state index is 12.7. The number of carbonyl (C=O) groups excluding carboxylic acids is 1. The van der Waals surface area contributed by atoms with Gasteiger partial charge >= 0.3 is 5.97 Å². The van der Waals surface area contributed by atoms with Crippen LogP contribution in [0.3, 0.4) is 0 Å². The zero-order valence-electron chi connectivity index (χ0n) is 14.5. The smallest absolute Gasteiger partial charge is 0.326 e. The molecule has 1 heterocycles. The number of nitrogens with two attached hydrogens (primary N) is 1. The number of rotatable bonds is 7. The third kappa shape index (κ3) is 4.93. The van der Waals surface area contributed by atoms with Crippen LogP contribution in [0.1, 0.15) is 30.1 Å². The normalized spacial score (nSPS) is 16.2. The molecule has 0 aromatic heterocycles. The Kier molecular flexibility index (Phi) is 6.57. The second kappa shape index (κ2) is 8.47. The van der Waals surface area contributed by atoms with Gasteiger partial charge in [0.1, 0.15) is 6.04 Å². The third-order valence-electron chi connectivity index (χ3n) is 4.07. The number of sulfonamides is 1. The molecule has 1 unspecified atom stereocenters. The molecular weight excluding hydrogens is 362 g/mol. The van der Waals surface area contributed by atoms with E-state index in [1.54, 1.807) is 0 Å². The van der Waals surface area contributed by atoms with Crippen LogP contribution in [0.15, 0.2) is 23.1 Å². The highest BCUT2D eigenvalue weighted by molar-refractivity contribution is 7.89. The van der Waals surface area contributed by atoms with Gasteiger partial charge in [0.25, 0.3) is 5.91 Å². The molecule has 1 amide bonds. The number of nitrogens with one attached hydrogen (secondary N) is 1. The van der Waals surface area contributed by atoms with Gasteiger partial charge in [0.15, 0.2) is 0 Å². The van der Waals surface area contributed by atoms with Crippen LogP contribution < -0.4 is 15.4 Å². The number of carbonyl (C=O) groups is 2. The Hall–Kier alpha value is -2.17. The zero-order valence-corrected chi connectivity index (χ0v) is 15.3. The van der Waals surface area contributed by atoms with Crippen molar-refractivity contribution < 1.29 is 27.9 Å². The molecule has 1 atom stereocenters. The Labute approximate surface area is 152 Å². The maximum Gasteiger partial charge on any atom is 0.326 e. The van der Waals surface area contributed by atoms with Crippen molar-refractivity contribution in [2.75, 3.05) is 31.2 Å². The fraction of sp³-hybridized carbons (Fsp3) is 0.500. The van der Waals surface area contributed by atoms with Gasteiger partial charge in [-0.25, -0.2) is 18.4 Å². The minimum Gasteiger partial charge on any atom is -0.480 e. The molecule has 1 aliphatic rings. The summed E-state index contributed by atoms with van der Waals surface area (Å²) in [5, 5.41) is 16.9. The van der Waals surface area contributed by atoms with E-state index in [1.807, 2.05) is 11.8 Å². The molecule has 9 nitrogen and oxygen atoms in total. The Morgan fingerprint density at radius 2 is 2.00 bits per heavy atom. The lowest BCUT2D eigenvalue weighted by Gasteiger charge is -2.30. The topological polar surface area (TPSA) is 139 Å². The average Bonchev–Trinajstić information content (AvgIpc) is 2.60. The molecule has 26 heavy (non-hydrogen) atoms. The number of carboxylic acids is 1. The van der Waals surface area contributed by atoms with Crippen LogP contribution in [-0.4, -0.2) is 57.7 Å². The molecule has 1 saturated heterocycles. The number of primary sulfonamides is 1. The van der Waals surface area contributed by atoms with Crippen LogP contribution in [0.5, 0.6) is 0 Å². The Morgan fingerprint density at radius 3 is 2.54 bits per heavy atom. The summed E-state index contributed by atoms with van der Waals surface area (Å²) in [5.74, 6) is -1.80. The van der Waals surface area contributed by atoms with Gasteiger partial charge in [-0.05, 0) is 24.6 Å². The fourth-order valence-corrected chi connectivity index (χ4v) is 3.28. The molecule has 0 saturated carbocycles. The van der Waals surface area contributed by atoms with E-state index < -0.39 is 27.9 Å². The number of hydrogen-bond donors (Lipinski definition) is 3. The summed E-state index contributed by atoms with van der Waals surface area (Å²) < 4.78 is 28.6. The van der Waals surface area contributed by atoms with Gasteiger partial charge in [0.05, 0.1) is 23.7 Å². The van der Waals surface area contributed by atoms with E-state index in [9.17, 15) is 23.1 Å². The minimum absolute atomic E-state index is 0.0702. The molecule has 4 N–H and O–H groups in total. The Morgan fingerprint density at radius 1 is 1.35 bits per heavy atom. The van der Waals surface area contributed by atoms with Gasteiger partial charge in [0.2, 0.25) is 10.0 Å². The second-order valence-corrected chi connectivity index (χ2v) is 7.54. The number of aliphatic carboxylic acids is 1. The summed E-state index contributed by atoms with van der Waals surface area (Å²) in [6.45, 7) is 3.83. The van der Waals surface area contributed by atoms with E-state index in [4.69, 9.17) is 9.88 Å². The lowest BCUT2D eigenvalue weighted by molar-refractivity contribution is -0.139. The summed E-state index contributed by atoms with van der Waals surface area (Å²) in [4.78, 5) is 25.7. The van der Waals surface area contributed by atoms with Crippen molar-refractivity contribution in [3.8, 4) is 0 Å². The molecule has 0 bridgehead atoms. The van der Waals surface area contributed by atoms with Gasteiger partial charge in [-0.2, -0.15) is 0 Å². The Bertz CT molecular complexity index is 774. The molecule has 0 radical (unpaired) electrons. The highest BCUT2D eigenvalue weighted by Crippen LogP contribution is 2.25. The second-order valence-electron chi connectivity index (χ2n) is 5.98. The van der Waals surface area contributed by atoms with E-state index in [1.165, 1.54) is 18.2 Å². The van der Waals surface area contributed by atoms with E-state index >= 15 is 0 Å². The number of morpholine rings is 1. The van der Waals surface area contributed by atoms with Gasteiger partial charge in [-0.1, -0.05) is 13.3 Å². The van der Waals surface area contributed by atoms with Crippen LogP contribution in [0.25, 0.3) is 0 Å². The molecule has 10 heteroatoms. The van der Waals surface area contributed by atoms with Gasteiger partial charge < -0.3 is 20.1 Å². The standard InChI is InChI=1S/C16H23N3O6S/c1-2-3-13(16(21)22)18-15(20)12-10-11(26(17,23)24)4-5-14(12)19-6-8-25-9-7-19/h4-5,10,13H,2-3,6-9H2,1H3,(H,18,20)(H,21,22)(H2,17,23,24). The molecule has 1 aromatic carbocycles. The molecular formula is C16H23N3O6S. The third-order valence-corrected chi connectivity index (χ3v) is 4.98. The number of hydrogen-bond acceptors (Lipinski definition) is 6. The molecule has 2 rings (SSSR count). The van der Waals surface area contributed by atoms with Gasteiger partial charge in [-0.3, -0.25) is 4.79 Å². The first-order chi connectivity index (χ1) is 12.2. The van der Waals surface area contributed by atoms with Crippen LogP contribution in [0.2, 0.25) is 0 Å². The Balaban J connectivity index is 2.41. The van der Waals surface area contributed by atoms with Crippen molar-refractivity contribution in [3.63, 3.8) is 0 Å². The maximum absolute atomic E-state index is 12.7. The van der Waals surface area contributed by atoms with Crippen molar-refractivity contribution in [2.24, 2.45) is 5.14 Å². The summed E-state index contributed by atoms with van der Waals surface area (Å²) in [7, 11) is -4.00. The number of nitrogens with zero attached hydrogens (tertiary/aromatic N) is 1. The quantitative estimate of drug-likeness (QED) is 0.607. The predicted molar refractivity (Wildman–Crippen MR) is 94.6 cm³/mol. The molecule has 1 aromatic rings. The SMILES string of the molecule is CCCC(NC(=O)c1cc(S(N)(=O)=O)ccc1N1CCOCC1)C(=O)O. The molecule has 144 valence electrons. The van der Waals surface area contributed by atoms with E-state index in [0.29, 0.717) is 38.4 Å². The summed E-state index contributed by atoms with van der Waals surface area (Å²) in [6.07, 6.45) is 0.841. The summed E-state index contributed by atoms with van der Waals surface area (Å²) in [6, 6.07) is 2.97. The van der Waals surface area contributed by atoms with Crippen molar-refractivity contribution >= 4 is 27.6 Å². The number of ether oxygens (including phenoxy) is 1. The predicted octanol–water partition coefficient (Wildman–Crippen LogP) is 0.154. The molecule has 0 spiro atoms. The van der Waals surface area contributed by atoms with E-state index in [2.05, 4.69) is 5.32 Å². The van der Waals surface area contributed by atoms with Crippen molar-refractivity contribution in [1.29, 1.82) is 0 Å². The van der Waals surface area contributed by atoms with E-state index in [-0.39, 0.29) is 16.9 Å². The van der Waals surface area contributed by atoms with Crippen molar-refractivity contribution in [2.45, 2.75) is 30.7 Å². The number of carboxylic acid groups (broad SMARTS) is 1. The van der Waals surface area contributed by atoms with Gasteiger partial charge in [0, 0.05) is 18.8 Å². The molecule has 0 aliphatic carbocycles. The first-order valence-corrected chi connectivity index (χ1v) is 9.82. The van der Waals surface area contributed by atoms with Crippen molar-refractivity contribution in [1.82, 2.24) is 5.32 Å². The average molecular weight is 385 g/mol. The van der Waals surface area contributed by atoms with Crippen LogP contribution in [-0.2, 0) is 19.6 Å². The molecule has 1 fully saturated rings. The highest BCUT2D eigenvalue weighted by atomic mass is 32.2. The highest BCUT2D eigenvalue weighted by Gasteiger charge is 2.25. The van der Waals surface area contributed by atoms with Crippen LogP contribution >= 0.6 is 0 Å². The van der Waals surface area contributed by atoms with Crippen LogP contribution in [0.4, 0.5) is 5.69 Å². The number of amides is 1. The first kappa shape index (κ1) is 20.1. The lowest BCUT2D eigenvalue weighted by Crippen LogP contribution is -2.42. The van der Waals surface area contributed by atoms with Crippen molar-refractivity contribution in [3.05, 3.63) is 23.8 Å². The summed E-state index contributed by atoms with van der Waals surface area (Å²) in [5.41, 5.74) is 0.583. The van der Waals surface area contributed by atoms with E-state index in [0.717, 1.165) is 0 Å². The van der Waals surface area contributed by atoms with Gasteiger partial charge in [-0.15, -0.1) is 0 Å². The zero-order chi connectivity index (χ0) is 19.3. The molecule has 1 aliphatic heterocycles. The summed E-state index contributed by atoms with van der Waals surface area (Å²) >= 11 is 0. The minimum atomic E-state index is -4.00. The first-order valence-electron chi connectivity index (χ1n) is 8.27. The largest absolute Gasteiger partial charge is 0.480 e. The van der Waals surface area contributed by atoms with Crippen LogP contribution in [0, 0.1) is 0 Å². The monoisotopic (exact) mass is 385 g/mol. The fourth-order valence-electron chi connectivity index (χ4n) is 2.74. The lowest BCUT2D eigenvalue weighted by atomic mass is 10.1. The number of benzene rings is 1. The number of anilines is 1.